The highest BCUT2D eigenvalue weighted by Gasteiger charge is 2.83. The molecule has 9 nitrogen and oxygen atoms in total. The summed E-state index contributed by atoms with van der Waals surface area (Å²) in [6.45, 7) is 12.5. The smallest absolute Gasteiger partial charge is 0.333 e. The lowest BCUT2D eigenvalue weighted by Crippen LogP contribution is -2.69. The molecule has 0 aromatic rings. The Bertz CT molecular complexity index is 1150. The van der Waals surface area contributed by atoms with Crippen molar-refractivity contribution >= 4 is 11.9 Å². The largest absolute Gasteiger partial charge is 0.458 e. The van der Waals surface area contributed by atoms with Gasteiger partial charge in [0.2, 0.25) is 0 Å². The van der Waals surface area contributed by atoms with E-state index in [1.54, 1.807) is 39.8 Å². The van der Waals surface area contributed by atoms with Gasteiger partial charge in [0.25, 0.3) is 0 Å². The highest BCUT2D eigenvalue weighted by Crippen LogP contribution is 2.74. The maximum atomic E-state index is 13.0. The molecule has 2 fully saturated rings. The van der Waals surface area contributed by atoms with Crippen LogP contribution < -0.4 is 5.73 Å². The van der Waals surface area contributed by atoms with E-state index in [-0.39, 0.29) is 36.9 Å². The summed E-state index contributed by atoms with van der Waals surface area (Å²) in [6.07, 6.45) is 1.68. The average molecular weight is 562 g/mol. The third kappa shape index (κ3) is 4.15. The Morgan fingerprint density at radius 2 is 1.75 bits per heavy atom. The zero-order valence-corrected chi connectivity index (χ0v) is 24.9. The molecule has 0 amide bonds. The number of ether oxygens (including phenoxy) is 2. The molecule has 0 aromatic carbocycles. The summed E-state index contributed by atoms with van der Waals surface area (Å²) in [7, 11) is 0. The molecule has 0 heterocycles. The van der Waals surface area contributed by atoms with Crippen LogP contribution in [0.2, 0.25) is 0 Å². The van der Waals surface area contributed by atoms with E-state index in [1.807, 2.05) is 13.8 Å². The Balaban J connectivity index is 1.81. The second-order valence-electron chi connectivity index (χ2n) is 13.2. The number of nitrogens with two attached hydrogens (primary N) is 1. The second-order valence-corrected chi connectivity index (χ2v) is 13.2. The van der Waals surface area contributed by atoms with Gasteiger partial charge in [0, 0.05) is 41.7 Å². The molecule has 224 valence electrons. The summed E-state index contributed by atoms with van der Waals surface area (Å²) < 4.78 is 11.8. The van der Waals surface area contributed by atoms with Crippen molar-refractivity contribution < 1.29 is 39.5 Å². The minimum atomic E-state index is -2.30. The van der Waals surface area contributed by atoms with Crippen LogP contribution in [0, 0.1) is 22.7 Å². The van der Waals surface area contributed by atoms with Crippen molar-refractivity contribution in [1.82, 2.24) is 0 Å². The average Bonchev–Trinajstić information content (AvgIpc) is 3.29. The van der Waals surface area contributed by atoms with Crippen LogP contribution in [0.5, 0.6) is 0 Å². The van der Waals surface area contributed by atoms with Gasteiger partial charge >= 0.3 is 11.9 Å². The van der Waals surface area contributed by atoms with Crippen LogP contribution in [0.3, 0.4) is 0 Å². The van der Waals surface area contributed by atoms with Crippen molar-refractivity contribution in [1.29, 1.82) is 0 Å². The van der Waals surface area contributed by atoms with Crippen molar-refractivity contribution in [2.45, 2.75) is 116 Å². The summed E-state index contributed by atoms with van der Waals surface area (Å²) in [4.78, 5) is 25.7. The van der Waals surface area contributed by atoms with Crippen LogP contribution in [0.25, 0.3) is 0 Å². The summed E-state index contributed by atoms with van der Waals surface area (Å²) in [5.74, 6) is -2.01. The summed E-state index contributed by atoms with van der Waals surface area (Å²) in [6, 6.07) is -0.977. The minimum Gasteiger partial charge on any atom is -0.458 e. The second kappa shape index (κ2) is 10.3. The molecular weight excluding hydrogens is 514 g/mol. The molecule has 9 atom stereocenters. The van der Waals surface area contributed by atoms with E-state index >= 15 is 0 Å². The van der Waals surface area contributed by atoms with Gasteiger partial charge in [-0.2, -0.15) is 0 Å². The van der Waals surface area contributed by atoms with Gasteiger partial charge in [0.15, 0.2) is 0 Å². The quantitative estimate of drug-likeness (QED) is 0.130. The first-order valence-electron chi connectivity index (χ1n) is 14.5. The number of hydrogen-bond acceptors (Lipinski definition) is 9. The van der Waals surface area contributed by atoms with Gasteiger partial charge in [-0.05, 0) is 45.3 Å². The maximum absolute atomic E-state index is 13.0. The fraction of sp³-hybridized carbons (Fsp3) is 0.742. The predicted molar refractivity (Wildman–Crippen MR) is 149 cm³/mol. The van der Waals surface area contributed by atoms with Gasteiger partial charge in [-0.25, -0.2) is 4.79 Å². The van der Waals surface area contributed by atoms with Crippen molar-refractivity contribution in [3.05, 3.63) is 34.4 Å². The van der Waals surface area contributed by atoms with E-state index in [4.69, 9.17) is 15.2 Å². The van der Waals surface area contributed by atoms with Crippen LogP contribution in [-0.4, -0.2) is 74.5 Å². The fourth-order valence-corrected chi connectivity index (χ4v) is 7.93. The van der Waals surface area contributed by atoms with Gasteiger partial charge in [0.1, 0.15) is 30.0 Å². The van der Waals surface area contributed by atoms with E-state index in [1.165, 1.54) is 0 Å². The molecule has 4 aliphatic carbocycles. The fourth-order valence-electron chi connectivity index (χ4n) is 7.93. The number of allylic oxidation sites excluding steroid dienone is 1. The van der Waals surface area contributed by atoms with Crippen molar-refractivity contribution in [2.75, 3.05) is 6.61 Å². The van der Waals surface area contributed by atoms with Gasteiger partial charge < -0.3 is 35.6 Å². The Hall–Kier alpha value is -2.04. The summed E-state index contributed by atoms with van der Waals surface area (Å²) in [5.41, 5.74) is 3.06. The van der Waals surface area contributed by atoms with E-state index in [0.717, 1.165) is 18.4 Å². The summed E-state index contributed by atoms with van der Waals surface area (Å²) in [5, 5.41) is 47.3. The lowest BCUT2D eigenvalue weighted by atomic mass is 9.60. The van der Waals surface area contributed by atoms with Crippen molar-refractivity contribution in [3.63, 3.8) is 0 Å². The van der Waals surface area contributed by atoms with E-state index in [0.29, 0.717) is 17.6 Å². The monoisotopic (exact) mass is 561 g/mol. The number of fused-ring (bicyclic) bond motifs is 3. The lowest BCUT2D eigenvalue weighted by Gasteiger charge is -2.51. The Morgan fingerprint density at radius 3 is 2.35 bits per heavy atom. The highest BCUT2D eigenvalue weighted by molar-refractivity contribution is 5.88. The Kier molecular flexibility index (Phi) is 8.00. The first kappa shape index (κ1) is 30.9. The van der Waals surface area contributed by atoms with Gasteiger partial charge in [-0.15, -0.1) is 0 Å². The van der Waals surface area contributed by atoms with E-state index in [9.17, 15) is 30.0 Å². The van der Waals surface area contributed by atoms with Crippen LogP contribution >= 0.6 is 0 Å². The molecule has 40 heavy (non-hydrogen) atoms. The standard InChI is InChI=1S/C31H47NO8/c1-8-9-10-11-22(33)40-30-14-21(32)29-13-17(4)24(34)31(29,38)25(35)19(15-39-27(37)18(5)16(2)3)12-20(26(29)36)23(30)28(30,6)7/h12-13,20-21,23-26,34-36,38H,8-11,14-15,32H2,1-7H3/t20-,21+,23+,24-,25+,26?,29-,30-,31+/m0/s1. The van der Waals surface area contributed by atoms with Crippen LogP contribution in [0.1, 0.15) is 80.6 Å². The first-order chi connectivity index (χ1) is 18.5. The molecule has 0 saturated heterocycles. The predicted octanol–water partition coefficient (Wildman–Crippen LogP) is 2.45. The first-order valence-corrected chi connectivity index (χ1v) is 14.5. The molecule has 6 N–H and O–H groups in total. The molecule has 4 aliphatic rings. The number of carbonyl (C=O) groups is 2. The highest BCUT2D eigenvalue weighted by atomic mass is 16.6. The molecule has 4 rings (SSSR count). The van der Waals surface area contributed by atoms with Crippen LogP contribution in [-0.2, 0) is 19.1 Å². The Morgan fingerprint density at radius 1 is 1.10 bits per heavy atom. The molecule has 0 radical (unpaired) electrons. The molecule has 0 aliphatic heterocycles. The number of hydrogen-bond donors (Lipinski definition) is 5. The molecular formula is C31H47NO8. The minimum absolute atomic E-state index is 0.140. The SMILES string of the molecule is CCCCCC(=O)O[C@@]12C[C@@H](N)[C@]34C=C(C)[C@H](O)[C@@]3(O)[C@H](O)C(COC(=O)C(C)=C(C)C)=C[C@H](C4O)[C@@H]1C2(C)C. The number of aliphatic hydroxyl groups is 4. The van der Waals surface area contributed by atoms with Gasteiger partial charge in [-0.1, -0.05) is 51.3 Å². The zero-order valence-electron chi connectivity index (χ0n) is 24.9. The van der Waals surface area contributed by atoms with Crippen molar-refractivity contribution in [2.24, 2.45) is 28.4 Å². The van der Waals surface area contributed by atoms with Crippen molar-refractivity contribution in [3.8, 4) is 0 Å². The van der Waals surface area contributed by atoms with Crippen LogP contribution in [0.4, 0.5) is 0 Å². The molecule has 2 saturated carbocycles. The summed E-state index contributed by atoms with van der Waals surface area (Å²) >= 11 is 0. The molecule has 2 bridgehead atoms. The van der Waals surface area contributed by atoms with Crippen LogP contribution in [0.15, 0.2) is 34.4 Å². The number of carbonyl (C=O) groups excluding carboxylic acids is 2. The Labute approximate surface area is 237 Å². The molecule has 1 spiro atoms. The number of unbranched alkanes of at least 4 members (excludes halogenated alkanes) is 2. The zero-order chi connectivity index (χ0) is 30.0. The number of aliphatic hydroxyl groups excluding tert-OH is 3. The normalized spacial score (nSPS) is 40.9. The van der Waals surface area contributed by atoms with E-state index in [2.05, 4.69) is 6.92 Å². The lowest BCUT2D eigenvalue weighted by molar-refractivity contribution is -0.207. The van der Waals surface area contributed by atoms with Gasteiger partial charge in [0.05, 0.1) is 11.5 Å². The topological polar surface area (TPSA) is 160 Å². The molecule has 9 heteroatoms. The molecule has 1 unspecified atom stereocenters. The third-order valence-electron chi connectivity index (χ3n) is 10.6. The number of esters is 2. The third-order valence-corrected chi connectivity index (χ3v) is 10.6. The molecule has 0 aromatic heterocycles. The van der Waals surface area contributed by atoms with Gasteiger partial charge in [-0.3, -0.25) is 4.79 Å². The number of rotatable bonds is 8. The van der Waals surface area contributed by atoms with E-state index < -0.39 is 58.3 Å². The maximum Gasteiger partial charge on any atom is 0.333 e.